The van der Waals surface area contributed by atoms with Crippen molar-refractivity contribution in [3.05, 3.63) is 120 Å². The monoisotopic (exact) mass is 964 g/mol. The predicted octanol–water partition coefficient (Wildman–Crippen LogP) is 8.12. The van der Waals surface area contributed by atoms with Crippen molar-refractivity contribution in [3.8, 4) is 11.3 Å². The van der Waals surface area contributed by atoms with Crippen LogP contribution in [0.25, 0.3) is 11.3 Å². The van der Waals surface area contributed by atoms with E-state index in [1.54, 1.807) is 68.8 Å². The summed E-state index contributed by atoms with van der Waals surface area (Å²) in [5, 5.41) is 30.5. The van der Waals surface area contributed by atoms with Crippen molar-refractivity contribution in [2.75, 3.05) is 20.2 Å². The van der Waals surface area contributed by atoms with Crippen LogP contribution in [-0.4, -0.2) is 110 Å². The normalized spacial score (nSPS) is 16.0. The minimum Gasteiger partial charge on any atom is -0.453 e. The molecule has 16 heteroatoms. The molecular weight excluding hydrogens is 891 g/mol. The first-order chi connectivity index (χ1) is 32.6. The Morgan fingerprint density at radius 1 is 0.729 bits per heavy atom. The lowest BCUT2D eigenvalue weighted by molar-refractivity contribution is -0.143. The molecule has 1 aliphatic heterocycles. The maximum absolute atomic E-state index is 15.3. The van der Waals surface area contributed by atoms with Gasteiger partial charge in [-0.2, -0.15) is 0 Å². The van der Waals surface area contributed by atoms with Crippen LogP contribution in [0.3, 0.4) is 0 Å². The number of carbonyl (C=O) groups is 5. The summed E-state index contributed by atoms with van der Waals surface area (Å²) in [5.41, 5.74) is -1.40. The third-order valence-electron chi connectivity index (χ3n) is 12.9. The van der Waals surface area contributed by atoms with Gasteiger partial charge < -0.3 is 45.4 Å². The summed E-state index contributed by atoms with van der Waals surface area (Å²) in [6, 6.07) is 23.5. The molecule has 1 saturated heterocycles. The maximum atomic E-state index is 15.3. The summed E-state index contributed by atoms with van der Waals surface area (Å²) in [5.74, 6) is -1.06. The van der Waals surface area contributed by atoms with Crippen LogP contribution in [0.2, 0.25) is 0 Å². The summed E-state index contributed by atoms with van der Waals surface area (Å²) >= 11 is 0. The van der Waals surface area contributed by atoms with Crippen molar-refractivity contribution >= 4 is 30.1 Å². The molecule has 378 valence electrons. The van der Waals surface area contributed by atoms with Gasteiger partial charge in [-0.15, -0.1) is 0 Å². The SMILES string of the molecule is COC(=O)N[C@H](C(=O)N[C@H](Cc1ccc(-c2ccccn2)cc1)C[C@@](OC(=O)O)([C@H](Cc1ccccc1)NC(=O)[C@@H](N1CCN(Cc2cccc(C(C)(C)O)n2)C1=O)C(C)(C)C)C(C)(C)C)C(C)(C)C. The molecule has 5 rings (SSSR count). The molecule has 5 amide bonds. The number of carboxylic acid groups (broad SMARTS) is 1. The predicted molar refractivity (Wildman–Crippen MR) is 267 cm³/mol. The number of urea groups is 1. The third kappa shape index (κ3) is 13.8. The Morgan fingerprint density at radius 3 is 1.93 bits per heavy atom. The van der Waals surface area contributed by atoms with Crippen LogP contribution in [0.5, 0.6) is 0 Å². The molecular formula is C54H73N7O9. The van der Waals surface area contributed by atoms with Crippen LogP contribution in [0.1, 0.15) is 105 Å². The molecule has 0 saturated carbocycles. The van der Waals surface area contributed by atoms with E-state index in [1.165, 1.54) is 7.11 Å². The van der Waals surface area contributed by atoms with Crippen molar-refractivity contribution in [1.82, 2.24) is 35.7 Å². The Bertz CT molecular complexity index is 2420. The lowest BCUT2D eigenvalue weighted by Gasteiger charge is -2.50. The highest BCUT2D eigenvalue weighted by molar-refractivity contribution is 5.89. The molecule has 3 heterocycles. The van der Waals surface area contributed by atoms with Crippen LogP contribution in [0.15, 0.2) is 97.2 Å². The van der Waals surface area contributed by atoms with Gasteiger partial charge in [0.05, 0.1) is 36.8 Å². The number of nitrogens with one attached hydrogen (secondary N) is 3. The van der Waals surface area contributed by atoms with Crippen molar-refractivity contribution in [1.29, 1.82) is 0 Å². The van der Waals surface area contributed by atoms with Crippen molar-refractivity contribution < 1.29 is 43.7 Å². The average molecular weight is 964 g/mol. The first-order valence-corrected chi connectivity index (χ1v) is 23.8. The first kappa shape index (κ1) is 54.4. The molecule has 5 N–H and O–H groups in total. The van der Waals surface area contributed by atoms with Gasteiger partial charge in [-0.05, 0) is 72.9 Å². The van der Waals surface area contributed by atoms with Gasteiger partial charge in [-0.25, -0.2) is 14.4 Å². The molecule has 4 aromatic rings. The van der Waals surface area contributed by atoms with E-state index in [0.29, 0.717) is 17.9 Å². The van der Waals surface area contributed by atoms with Crippen molar-refractivity contribution in [2.45, 2.75) is 137 Å². The number of hydrogen-bond acceptors (Lipinski definition) is 10. The smallest absolute Gasteiger partial charge is 0.453 e. The van der Waals surface area contributed by atoms with E-state index in [4.69, 9.17) is 9.47 Å². The number of nitrogens with zero attached hydrogens (tertiary/aromatic N) is 4. The number of rotatable bonds is 18. The molecule has 70 heavy (non-hydrogen) atoms. The van der Waals surface area contributed by atoms with Crippen LogP contribution < -0.4 is 16.0 Å². The number of hydrogen-bond donors (Lipinski definition) is 5. The number of amides is 5. The topological polar surface area (TPSA) is 213 Å². The van der Waals surface area contributed by atoms with Gasteiger partial charge in [0.1, 0.15) is 23.3 Å². The van der Waals surface area contributed by atoms with E-state index in [0.717, 1.165) is 22.4 Å². The fourth-order valence-electron chi connectivity index (χ4n) is 9.23. The van der Waals surface area contributed by atoms with E-state index in [-0.39, 0.29) is 38.4 Å². The minimum atomic E-state index is -1.77. The van der Waals surface area contributed by atoms with Gasteiger partial charge in [0.15, 0.2) is 0 Å². The number of benzene rings is 2. The molecule has 0 aliphatic carbocycles. The van der Waals surface area contributed by atoms with E-state index in [2.05, 4.69) is 25.9 Å². The van der Waals surface area contributed by atoms with Crippen LogP contribution >= 0.6 is 0 Å². The number of ether oxygens (including phenoxy) is 2. The fourth-order valence-corrected chi connectivity index (χ4v) is 9.23. The molecule has 5 atom stereocenters. The Hall–Kier alpha value is -6.55. The second kappa shape index (κ2) is 22.0. The summed E-state index contributed by atoms with van der Waals surface area (Å²) in [4.78, 5) is 82.5. The van der Waals surface area contributed by atoms with Crippen LogP contribution in [0.4, 0.5) is 14.4 Å². The fraction of sp³-hybridized carbons (Fsp3) is 0.500. The molecule has 2 aromatic carbocycles. The Balaban J connectivity index is 1.60. The Kier molecular flexibility index (Phi) is 17.1. The third-order valence-corrected chi connectivity index (χ3v) is 12.9. The Labute approximate surface area is 413 Å². The zero-order valence-electron chi connectivity index (χ0n) is 42.8. The first-order valence-electron chi connectivity index (χ1n) is 23.8. The van der Waals surface area contributed by atoms with Crippen LogP contribution in [0, 0.1) is 16.2 Å². The molecule has 0 radical (unpaired) electrons. The van der Waals surface area contributed by atoms with Crippen molar-refractivity contribution in [3.63, 3.8) is 0 Å². The zero-order chi connectivity index (χ0) is 51.8. The molecule has 0 spiro atoms. The molecule has 2 aromatic heterocycles. The molecule has 1 fully saturated rings. The van der Waals surface area contributed by atoms with Gasteiger partial charge in [-0.3, -0.25) is 19.6 Å². The van der Waals surface area contributed by atoms with Crippen molar-refractivity contribution in [2.24, 2.45) is 16.2 Å². The van der Waals surface area contributed by atoms with Crippen LogP contribution in [-0.2, 0) is 44.1 Å². The summed E-state index contributed by atoms with van der Waals surface area (Å²) < 4.78 is 11.1. The van der Waals surface area contributed by atoms with E-state index < -0.39 is 75.7 Å². The van der Waals surface area contributed by atoms with Gasteiger partial charge in [0, 0.05) is 42.7 Å². The van der Waals surface area contributed by atoms with Gasteiger partial charge in [-0.1, -0.05) is 129 Å². The second-order valence-corrected chi connectivity index (χ2v) is 22.0. The number of aromatic nitrogens is 2. The standard InChI is InChI=1S/C54H73N7O9/c1-50(2,3)43(59-47(64)69-12)45(62)57-39(31-36-24-26-37(27-25-36)40-22-16-17-28-55-40)33-54(52(7,8)9,70-49(66)67)42(32-35-19-14-13-15-20-35)58-46(63)44(51(4,5)6)61-30-29-60(48(61)65)34-38-21-18-23-41(56-38)53(10,11)68/h13-28,39,42-44,68H,29-34H2,1-12H3,(H,57,62)(H,58,63)(H,59,64)(H,66,67)/t39-,42+,43-,44-,54-/m1/s1. The largest absolute Gasteiger partial charge is 0.506 e. The zero-order valence-corrected chi connectivity index (χ0v) is 42.8. The number of alkyl carbamates (subject to hydrolysis) is 1. The Morgan fingerprint density at radius 2 is 1.37 bits per heavy atom. The van der Waals surface area contributed by atoms with Gasteiger partial charge in [0.2, 0.25) is 11.8 Å². The summed E-state index contributed by atoms with van der Waals surface area (Å²) in [6.45, 7) is 20.5. The van der Waals surface area contributed by atoms with E-state index in [1.807, 2.05) is 114 Å². The molecule has 1 aliphatic rings. The quantitative estimate of drug-likeness (QED) is 0.0601. The number of methoxy groups -OCH3 is 1. The molecule has 0 unspecified atom stereocenters. The average Bonchev–Trinajstić information content (AvgIpc) is 3.61. The molecule has 0 bridgehead atoms. The lowest BCUT2D eigenvalue weighted by Crippen LogP contribution is -2.67. The molecule has 16 nitrogen and oxygen atoms in total. The second-order valence-electron chi connectivity index (χ2n) is 22.0. The highest BCUT2D eigenvalue weighted by atomic mass is 16.7. The lowest BCUT2D eigenvalue weighted by atomic mass is 9.66. The summed E-state index contributed by atoms with van der Waals surface area (Å²) in [7, 11) is 1.21. The number of pyridine rings is 2. The highest BCUT2D eigenvalue weighted by Gasteiger charge is 2.55. The number of carbonyl (C=O) groups excluding carboxylic acids is 4. The van der Waals surface area contributed by atoms with E-state index >= 15 is 4.79 Å². The van der Waals surface area contributed by atoms with Gasteiger partial charge >= 0.3 is 18.3 Å². The summed E-state index contributed by atoms with van der Waals surface area (Å²) in [6.07, 6.45) is -0.534. The minimum absolute atomic E-state index is 0.102. The van der Waals surface area contributed by atoms with E-state index in [9.17, 15) is 29.4 Å². The highest BCUT2D eigenvalue weighted by Crippen LogP contribution is 2.43. The maximum Gasteiger partial charge on any atom is 0.506 e. The number of aliphatic hydroxyl groups is 1. The van der Waals surface area contributed by atoms with Gasteiger partial charge in [0.25, 0.3) is 0 Å².